The van der Waals surface area contributed by atoms with Crippen LogP contribution in [0.1, 0.15) is 21.5 Å². The molecule has 0 spiro atoms. The molecule has 0 saturated heterocycles. The van der Waals surface area contributed by atoms with Gasteiger partial charge in [0.25, 0.3) is 5.91 Å². The summed E-state index contributed by atoms with van der Waals surface area (Å²) in [7, 11) is 0. The fraction of sp³-hybridized carbons (Fsp3) is 0.105. The molecule has 0 saturated carbocycles. The number of amides is 1. The second-order valence-corrected chi connectivity index (χ2v) is 6.01. The lowest BCUT2D eigenvalue weighted by molar-refractivity contribution is 0.0950. The first-order chi connectivity index (χ1) is 13.3. The van der Waals surface area contributed by atoms with Gasteiger partial charge in [-0.2, -0.15) is 4.68 Å². The van der Waals surface area contributed by atoms with Crippen LogP contribution < -0.4 is 5.32 Å². The molecule has 0 bridgehead atoms. The molecule has 2 heterocycles. The van der Waals surface area contributed by atoms with Gasteiger partial charge in [0.1, 0.15) is 6.33 Å². The normalized spacial score (nSPS) is 10.7. The molecular weight excluding hydrogens is 342 g/mol. The number of hydrogen-bond acceptors (Lipinski definition) is 5. The van der Waals surface area contributed by atoms with E-state index in [1.165, 1.54) is 16.6 Å². The molecule has 0 aliphatic heterocycles. The quantitative estimate of drug-likeness (QED) is 0.567. The summed E-state index contributed by atoms with van der Waals surface area (Å²) in [6.07, 6.45) is 6.94. The van der Waals surface area contributed by atoms with E-state index in [1.807, 2.05) is 35.0 Å². The maximum atomic E-state index is 12.6. The van der Waals surface area contributed by atoms with Gasteiger partial charge in [-0.15, -0.1) is 5.10 Å². The molecule has 0 aliphatic rings. The zero-order valence-electron chi connectivity index (χ0n) is 14.4. The molecule has 0 unspecified atom stereocenters. The molecule has 1 N–H and O–H groups in total. The van der Waals surface area contributed by atoms with E-state index in [-0.39, 0.29) is 5.91 Å². The molecule has 4 aromatic rings. The van der Waals surface area contributed by atoms with Crippen molar-refractivity contribution in [1.82, 2.24) is 35.1 Å². The highest BCUT2D eigenvalue weighted by Gasteiger charge is 2.12. The molecule has 2 aromatic heterocycles. The van der Waals surface area contributed by atoms with Gasteiger partial charge >= 0.3 is 0 Å². The van der Waals surface area contributed by atoms with Crippen molar-refractivity contribution in [2.75, 3.05) is 0 Å². The van der Waals surface area contributed by atoms with Crippen molar-refractivity contribution in [2.24, 2.45) is 0 Å². The standard InChI is InChI=1S/C19H17N7O/c27-19(17-3-1-2-4-18(17)26-14-22-23-24-26)21-11-15-5-7-16(8-6-15)12-25-10-9-20-13-25/h1-10,13-14H,11-12H2,(H,21,27). The summed E-state index contributed by atoms with van der Waals surface area (Å²) in [5, 5.41) is 14.0. The zero-order chi connectivity index (χ0) is 18.5. The first-order valence-corrected chi connectivity index (χ1v) is 8.44. The SMILES string of the molecule is O=C(NCc1ccc(Cn2ccnc2)cc1)c1ccccc1-n1cnnn1. The van der Waals surface area contributed by atoms with Crippen LogP contribution >= 0.6 is 0 Å². The molecule has 134 valence electrons. The average molecular weight is 359 g/mol. The Morgan fingerprint density at radius 1 is 1.00 bits per heavy atom. The van der Waals surface area contributed by atoms with E-state index in [0.29, 0.717) is 17.8 Å². The van der Waals surface area contributed by atoms with Crippen LogP contribution in [-0.2, 0) is 13.1 Å². The van der Waals surface area contributed by atoms with Gasteiger partial charge in [-0.05, 0) is 33.7 Å². The van der Waals surface area contributed by atoms with Crippen molar-refractivity contribution in [3.8, 4) is 5.69 Å². The predicted molar refractivity (Wildman–Crippen MR) is 98.1 cm³/mol. The highest BCUT2D eigenvalue weighted by molar-refractivity contribution is 5.97. The Bertz CT molecular complexity index is 1010. The lowest BCUT2D eigenvalue weighted by atomic mass is 10.1. The van der Waals surface area contributed by atoms with Gasteiger partial charge in [0.05, 0.1) is 17.6 Å². The number of carbonyl (C=O) groups is 1. The number of tetrazole rings is 1. The third-order valence-electron chi connectivity index (χ3n) is 4.14. The van der Waals surface area contributed by atoms with Crippen LogP contribution in [0.2, 0.25) is 0 Å². The van der Waals surface area contributed by atoms with Crippen molar-refractivity contribution < 1.29 is 4.79 Å². The molecule has 1 amide bonds. The number of aromatic nitrogens is 6. The minimum absolute atomic E-state index is 0.177. The third kappa shape index (κ3) is 3.90. The molecule has 8 heteroatoms. The summed E-state index contributed by atoms with van der Waals surface area (Å²) in [6.45, 7) is 1.21. The number of para-hydroxylation sites is 1. The van der Waals surface area contributed by atoms with Gasteiger partial charge in [0, 0.05) is 25.5 Å². The van der Waals surface area contributed by atoms with Crippen LogP contribution in [0, 0.1) is 0 Å². The number of rotatable bonds is 6. The van der Waals surface area contributed by atoms with Crippen molar-refractivity contribution in [3.05, 3.63) is 90.3 Å². The Labute approximate surface area is 155 Å². The van der Waals surface area contributed by atoms with Crippen molar-refractivity contribution in [1.29, 1.82) is 0 Å². The predicted octanol–water partition coefficient (Wildman–Crippen LogP) is 1.84. The van der Waals surface area contributed by atoms with Gasteiger partial charge in [0.15, 0.2) is 0 Å². The van der Waals surface area contributed by atoms with E-state index in [0.717, 1.165) is 12.1 Å². The van der Waals surface area contributed by atoms with E-state index >= 15 is 0 Å². The van der Waals surface area contributed by atoms with Gasteiger partial charge in [0.2, 0.25) is 0 Å². The van der Waals surface area contributed by atoms with E-state index < -0.39 is 0 Å². The lowest BCUT2D eigenvalue weighted by Crippen LogP contribution is -2.24. The molecule has 0 aliphatic carbocycles. The number of benzene rings is 2. The van der Waals surface area contributed by atoms with Crippen LogP contribution in [0.25, 0.3) is 5.69 Å². The molecule has 0 atom stereocenters. The van der Waals surface area contributed by atoms with Crippen molar-refractivity contribution in [3.63, 3.8) is 0 Å². The van der Waals surface area contributed by atoms with E-state index in [1.54, 1.807) is 24.7 Å². The summed E-state index contributed by atoms with van der Waals surface area (Å²) in [4.78, 5) is 16.6. The fourth-order valence-corrected chi connectivity index (χ4v) is 2.77. The lowest BCUT2D eigenvalue weighted by Gasteiger charge is -2.10. The number of hydrogen-bond donors (Lipinski definition) is 1. The molecule has 0 fully saturated rings. The maximum absolute atomic E-state index is 12.6. The van der Waals surface area contributed by atoms with Crippen LogP contribution in [0.3, 0.4) is 0 Å². The minimum Gasteiger partial charge on any atom is -0.348 e. The number of carbonyl (C=O) groups excluding carboxylic acids is 1. The molecule has 4 rings (SSSR count). The van der Waals surface area contributed by atoms with Crippen LogP contribution in [0.5, 0.6) is 0 Å². The number of nitrogens with one attached hydrogen (secondary N) is 1. The molecule has 2 aromatic carbocycles. The summed E-state index contributed by atoms with van der Waals surface area (Å²) >= 11 is 0. The van der Waals surface area contributed by atoms with Gasteiger partial charge < -0.3 is 9.88 Å². The van der Waals surface area contributed by atoms with Crippen molar-refractivity contribution >= 4 is 5.91 Å². The first-order valence-electron chi connectivity index (χ1n) is 8.44. The summed E-state index contributed by atoms with van der Waals surface area (Å²) in [6, 6.07) is 15.3. The van der Waals surface area contributed by atoms with Gasteiger partial charge in [-0.25, -0.2) is 4.98 Å². The molecular formula is C19H17N7O. The van der Waals surface area contributed by atoms with Crippen LogP contribution in [-0.4, -0.2) is 35.7 Å². The van der Waals surface area contributed by atoms with Crippen molar-refractivity contribution in [2.45, 2.75) is 13.1 Å². The van der Waals surface area contributed by atoms with Gasteiger partial charge in [-0.1, -0.05) is 36.4 Å². The number of imidazole rings is 1. The molecule has 27 heavy (non-hydrogen) atoms. The Hall–Kier alpha value is -3.81. The van der Waals surface area contributed by atoms with E-state index in [4.69, 9.17) is 0 Å². The summed E-state index contributed by atoms with van der Waals surface area (Å²) in [5.74, 6) is -0.177. The smallest absolute Gasteiger partial charge is 0.253 e. The highest BCUT2D eigenvalue weighted by atomic mass is 16.1. The molecule has 0 radical (unpaired) electrons. The Balaban J connectivity index is 1.41. The zero-order valence-corrected chi connectivity index (χ0v) is 14.4. The minimum atomic E-state index is -0.177. The number of nitrogens with zero attached hydrogens (tertiary/aromatic N) is 6. The summed E-state index contributed by atoms with van der Waals surface area (Å²) < 4.78 is 3.48. The monoisotopic (exact) mass is 359 g/mol. The first kappa shape index (κ1) is 16.6. The van der Waals surface area contributed by atoms with Gasteiger partial charge in [-0.3, -0.25) is 4.79 Å². The van der Waals surface area contributed by atoms with E-state index in [9.17, 15) is 4.79 Å². The average Bonchev–Trinajstić information content (AvgIpc) is 3.41. The van der Waals surface area contributed by atoms with E-state index in [2.05, 4.69) is 38.0 Å². The molecule has 8 nitrogen and oxygen atoms in total. The van der Waals surface area contributed by atoms with Crippen LogP contribution in [0.15, 0.2) is 73.6 Å². The Kier molecular flexibility index (Phi) is 4.69. The topological polar surface area (TPSA) is 90.5 Å². The second-order valence-electron chi connectivity index (χ2n) is 6.01. The Morgan fingerprint density at radius 3 is 2.56 bits per heavy atom. The maximum Gasteiger partial charge on any atom is 0.253 e. The Morgan fingerprint density at radius 2 is 1.81 bits per heavy atom. The largest absolute Gasteiger partial charge is 0.348 e. The van der Waals surface area contributed by atoms with Crippen LogP contribution in [0.4, 0.5) is 0 Å². The third-order valence-corrected chi connectivity index (χ3v) is 4.14. The summed E-state index contributed by atoms with van der Waals surface area (Å²) in [5.41, 5.74) is 3.35. The second kappa shape index (κ2) is 7.61. The highest BCUT2D eigenvalue weighted by Crippen LogP contribution is 2.13. The fourth-order valence-electron chi connectivity index (χ4n) is 2.77.